The van der Waals surface area contributed by atoms with Crippen molar-refractivity contribution in [2.24, 2.45) is 0 Å². The molecule has 4 heteroatoms. The van der Waals surface area contributed by atoms with Crippen molar-refractivity contribution < 1.29 is 4.74 Å². The van der Waals surface area contributed by atoms with Gasteiger partial charge in [0.05, 0.1) is 7.11 Å². The van der Waals surface area contributed by atoms with Gasteiger partial charge < -0.3 is 9.14 Å². The molecule has 0 fully saturated rings. The molecular weight excluding hydrogens is 267 g/mol. The van der Waals surface area contributed by atoms with Crippen molar-refractivity contribution in [2.75, 3.05) is 7.11 Å². The Morgan fingerprint density at radius 2 is 2.42 bits per heavy atom. The molecule has 62 valence electrons. The van der Waals surface area contributed by atoms with Crippen LogP contribution in [0.15, 0.2) is 24.5 Å². The number of halogens is 1. The third-order valence-electron chi connectivity index (χ3n) is 1.64. The minimum Gasteiger partial charge on any atom is -0.497 e. The summed E-state index contributed by atoms with van der Waals surface area (Å²) in [5.41, 5.74) is 0.916. The van der Waals surface area contributed by atoms with E-state index >= 15 is 0 Å². The smallest absolute Gasteiger partial charge is 0.141 e. The van der Waals surface area contributed by atoms with Gasteiger partial charge in [-0.05, 0) is 28.7 Å². The van der Waals surface area contributed by atoms with E-state index in [1.54, 1.807) is 7.11 Å². The predicted molar refractivity (Wildman–Crippen MR) is 54.5 cm³/mol. The molecule has 2 aromatic heterocycles. The van der Waals surface area contributed by atoms with Crippen LogP contribution in [-0.2, 0) is 0 Å². The number of rotatable bonds is 1. The van der Waals surface area contributed by atoms with Gasteiger partial charge in [-0.25, -0.2) is 4.98 Å². The van der Waals surface area contributed by atoms with Crippen LogP contribution in [0.4, 0.5) is 0 Å². The van der Waals surface area contributed by atoms with Gasteiger partial charge in [-0.2, -0.15) is 0 Å². The normalized spacial score (nSPS) is 10.5. The lowest BCUT2D eigenvalue weighted by atomic mass is 10.4. The number of hydrogen-bond donors (Lipinski definition) is 0. The zero-order chi connectivity index (χ0) is 8.55. The van der Waals surface area contributed by atoms with Gasteiger partial charge in [-0.3, -0.25) is 0 Å². The molecule has 0 unspecified atom stereocenters. The average Bonchev–Trinajstić information content (AvgIpc) is 2.43. The first-order valence-electron chi connectivity index (χ1n) is 3.48. The Kier molecular flexibility index (Phi) is 1.92. The highest BCUT2D eigenvalue weighted by molar-refractivity contribution is 14.1. The predicted octanol–water partition coefficient (Wildman–Crippen LogP) is 1.95. The average molecular weight is 274 g/mol. The molecule has 12 heavy (non-hydrogen) atoms. The molecule has 0 saturated heterocycles. The third kappa shape index (κ3) is 1.26. The molecule has 0 spiro atoms. The second-order valence-electron chi connectivity index (χ2n) is 2.40. The largest absolute Gasteiger partial charge is 0.497 e. The third-order valence-corrected chi connectivity index (χ3v) is 2.16. The van der Waals surface area contributed by atoms with Crippen molar-refractivity contribution >= 4 is 28.2 Å². The lowest BCUT2D eigenvalue weighted by molar-refractivity contribution is 0.414. The number of fused-ring (bicyclic) bond motifs is 1. The van der Waals surface area contributed by atoms with Gasteiger partial charge >= 0.3 is 0 Å². The summed E-state index contributed by atoms with van der Waals surface area (Å²) in [5, 5.41) is 0. The number of pyridine rings is 1. The summed E-state index contributed by atoms with van der Waals surface area (Å²) < 4.78 is 8.03. The molecular formula is C8H7IN2O. The maximum absolute atomic E-state index is 5.08. The highest BCUT2D eigenvalue weighted by Gasteiger charge is 1.98. The maximum atomic E-state index is 5.08. The van der Waals surface area contributed by atoms with E-state index in [4.69, 9.17) is 4.74 Å². The van der Waals surface area contributed by atoms with Crippen LogP contribution in [0.25, 0.3) is 5.65 Å². The number of nitrogens with zero attached hydrogens (tertiary/aromatic N) is 2. The van der Waals surface area contributed by atoms with Gasteiger partial charge in [0.15, 0.2) is 0 Å². The lowest BCUT2D eigenvalue weighted by Crippen LogP contribution is -1.85. The van der Waals surface area contributed by atoms with Gasteiger partial charge in [0, 0.05) is 18.5 Å². The number of imidazole rings is 1. The molecule has 0 atom stereocenters. The highest BCUT2D eigenvalue weighted by atomic mass is 127. The Labute approximate surface area is 83.5 Å². The van der Waals surface area contributed by atoms with Gasteiger partial charge in [0.1, 0.15) is 15.1 Å². The summed E-state index contributed by atoms with van der Waals surface area (Å²) in [6, 6.07) is 3.81. The van der Waals surface area contributed by atoms with Crippen LogP contribution in [-0.4, -0.2) is 16.5 Å². The molecule has 0 aliphatic heterocycles. The zero-order valence-corrected chi connectivity index (χ0v) is 8.65. The fourth-order valence-corrected chi connectivity index (χ4v) is 1.61. The Bertz CT molecular complexity index is 410. The van der Waals surface area contributed by atoms with E-state index in [1.807, 2.05) is 28.9 Å². The molecule has 0 N–H and O–H groups in total. The van der Waals surface area contributed by atoms with Crippen LogP contribution in [0.5, 0.6) is 5.75 Å². The molecule has 2 aromatic rings. The van der Waals surface area contributed by atoms with Crippen molar-refractivity contribution in [3.8, 4) is 5.75 Å². The molecule has 0 aliphatic rings. The molecule has 0 aliphatic carbocycles. The quantitative estimate of drug-likeness (QED) is 0.743. The molecule has 0 saturated carbocycles. The fraction of sp³-hybridized carbons (Fsp3) is 0.125. The molecule has 0 aromatic carbocycles. The van der Waals surface area contributed by atoms with E-state index in [0.717, 1.165) is 15.1 Å². The Morgan fingerprint density at radius 3 is 3.17 bits per heavy atom. The van der Waals surface area contributed by atoms with Crippen LogP contribution in [0.2, 0.25) is 0 Å². The standard InChI is InChI=1S/C8H7IN2O/c1-12-6-2-3-11-5-7(9)10-8(11)4-6/h2-5H,1H3. The number of aromatic nitrogens is 2. The molecule has 2 heterocycles. The SMILES string of the molecule is COc1ccn2cc(I)nc2c1. The summed E-state index contributed by atoms with van der Waals surface area (Å²) in [5.74, 6) is 0.838. The van der Waals surface area contributed by atoms with E-state index in [-0.39, 0.29) is 0 Å². The van der Waals surface area contributed by atoms with Crippen molar-refractivity contribution in [1.82, 2.24) is 9.38 Å². The van der Waals surface area contributed by atoms with Crippen LogP contribution in [0, 0.1) is 3.70 Å². The minimum absolute atomic E-state index is 0.838. The first-order valence-corrected chi connectivity index (χ1v) is 4.56. The Morgan fingerprint density at radius 1 is 1.58 bits per heavy atom. The van der Waals surface area contributed by atoms with E-state index < -0.39 is 0 Å². The van der Waals surface area contributed by atoms with Crippen molar-refractivity contribution in [1.29, 1.82) is 0 Å². The first-order chi connectivity index (χ1) is 5.79. The zero-order valence-electron chi connectivity index (χ0n) is 6.49. The summed E-state index contributed by atoms with van der Waals surface area (Å²) in [6.07, 6.45) is 3.90. The molecule has 0 bridgehead atoms. The van der Waals surface area contributed by atoms with Crippen molar-refractivity contribution in [2.45, 2.75) is 0 Å². The van der Waals surface area contributed by atoms with E-state index in [2.05, 4.69) is 27.6 Å². The lowest BCUT2D eigenvalue weighted by Gasteiger charge is -1.98. The van der Waals surface area contributed by atoms with E-state index in [1.165, 1.54) is 0 Å². The van der Waals surface area contributed by atoms with Crippen molar-refractivity contribution in [3.63, 3.8) is 0 Å². The van der Waals surface area contributed by atoms with Crippen LogP contribution >= 0.6 is 22.6 Å². The molecule has 0 amide bonds. The van der Waals surface area contributed by atoms with Gasteiger partial charge in [-0.1, -0.05) is 0 Å². The molecule has 0 radical (unpaired) electrons. The van der Waals surface area contributed by atoms with Crippen molar-refractivity contribution in [3.05, 3.63) is 28.2 Å². The van der Waals surface area contributed by atoms with Gasteiger partial charge in [0.2, 0.25) is 0 Å². The Balaban J connectivity index is 2.66. The first kappa shape index (κ1) is 7.85. The number of methoxy groups -OCH3 is 1. The monoisotopic (exact) mass is 274 g/mol. The maximum Gasteiger partial charge on any atom is 0.141 e. The highest BCUT2D eigenvalue weighted by Crippen LogP contribution is 2.14. The summed E-state index contributed by atoms with van der Waals surface area (Å²) >= 11 is 2.18. The van der Waals surface area contributed by atoms with E-state index in [9.17, 15) is 0 Å². The van der Waals surface area contributed by atoms with Gasteiger partial charge in [-0.15, -0.1) is 0 Å². The summed E-state index contributed by atoms with van der Waals surface area (Å²) in [6.45, 7) is 0. The Hall–Kier alpha value is -0.780. The second-order valence-corrected chi connectivity index (χ2v) is 3.50. The van der Waals surface area contributed by atoms with Crippen LogP contribution in [0.1, 0.15) is 0 Å². The molecule has 2 rings (SSSR count). The summed E-state index contributed by atoms with van der Waals surface area (Å²) in [7, 11) is 1.65. The molecule has 3 nitrogen and oxygen atoms in total. The fourth-order valence-electron chi connectivity index (χ4n) is 1.06. The topological polar surface area (TPSA) is 26.5 Å². The van der Waals surface area contributed by atoms with Crippen LogP contribution < -0.4 is 4.74 Å². The van der Waals surface area contributed by atoms with E-state index in [0.29, 0.717) is 0 Å². The summed E-state index contributed by atoms with van der Waals surface area (Å²) in [4.78, 5) is 4.29. The van der Waals surface area contributed by atoms with Gasteiger partial charge in [0.25, 0.3) is 0 Å². The van der Waals surface area contributed by atoms with Crippen LogP contribution in [0.3, 0.4) is 0 Å². The number of ether oxygens (including phenoxy) is 1. The number of hydrogen-bond acceptors (Lipinski definition) is 2. The minimum atomic E-state index is 0.838. The second kappa shape index (κ2) is 2.93.